The second kappa shape index (κ2) is 3.70. The Balaban J connectivity index is 2.24. The van der Waals surface area contributed by atoms with Crippen LogP contribution in [0.2, 0.25) is 0 Å². The molecule has 1 aliphatic carbocycles. The third-order valence-electron chi connectivity index (χ3n) is 2.56. The van der Waals surface area contributed by atoms with Gasteiger partial charge in [0.05, 0.1) is 0 Å². The number of hydrogen-bond donors (Lipinski definition) is 1. The van der Waals surface area contributed by atoms with E-state index in [0.29, 0.717) is 5.92 Å². The smallest absolute Gasteiger partial charge is 0.0314 e. The summed E-state index contributed by atoms with van der Waals surface area (Å²) in [6, 6.07) is 8.03. The summed E-state index contributed by atoms with van der Waals surface area (Å²) in [4.78, 5) is 0. The highest BCUT2D eigenvalue weighted by atomic mass is 14.5. The third-order valence-corrected chi connectivity index (χ3v) is 2.56. The zero-order valence-electron chi connectivity index (χ0n) is 8.40. The van der Waals surface area contributed by atoms with Crippen molar-refractivity contribution in [1.29, 1.82) is 0 Å². The second-order valence-corrected chi connectivity index (χ2v) is 3.85. The van der Waals surface area contributed by atoms with Gasteiger partial charge < -0.3 is 5.73 Å². The molecule has 0 bridgehead atoms. The van der Waals surface area contributed by atoms with E-state index in [9.17, 15) is 0 Å². The molecule has 1 aliphatic rings. The predicted octanol–water partition coefficient (Wildman–Crippen LogP) is 3.25. The molecule has 0 spiro atoms. The monoisotopic (exact) mass is 185 g/mol. The Labute approximate surface area is 84.9 Å². The zero-order valence-corrected chi connectivity index (χ0v) is 8.40. The van der Waals surface area contributed by atoms with Crippen LogP contribution in [0.5, 0.6) is 0 Å². The van der Waals surface area contributed by atoms with Crippen molar-refractivity contribution >= 4 is 11.3 Å². The molecule has 0 aliphatic heterocycles. The van der Waals surface area contributed by atoms with Gasteiger partial charge in [0.15, 0.2) is 0 Å². The largest absolute Gasteiger partial charge is 0.399 e. The molecule has 72 valence electrons. The summed E-state index contributed by atoms with van der Waals surface area (Å²) in [6.45, 7) is 2.23. The van der Waals surface area contributed by atoms with Crippen LogP contribution in [0.1, 0.15) is 18.9 Å². The first kappa shape index (κ1) is 9.07. The number of allylic oxidation sites excluding steroid dienone is 4. The van der Waals surface area contributed by atoms with Gasteiger partial charge in [0.25, 0.3) is 0 Å². The topological polar surface area (TPSA) is 26.0 Å². The van der Waals surface area contributed by atoms with Crippen molar-refractivity contribution < 1.29 is 0 Å². The van der Waals surface area contributed by atoms with Crippen molar-refractivity contribution in [3.8, 4) is 0 Å². The second-order valence-electron chi connectivity index (χ2n) is 3.85. The molecule has 0 amide bonds. The van der Waals surface area contributed by atoms with Crippen LogP contribution < -0.4 is 5.73 Å². The predicted molar refractivity (Wildman–Crippen MR) is 61.8 cm³/mol. The average Bonchev–Trinajstić information content (AvgIpc) is 2.21. The average molecular weight is 185 g/mol. The highest BCUT2D eigenvalue weighted by Gasteiger charge is 2.04. The number of benzene rings is 1. The van der Waals surface area contributed by atoms with E-state index < -0.39 is 0 Å². The summed E-state index contributed by atoms with van der Waals surface area (Å²) >= 11 is 0. The molecule has 2 rings (SSSR count). The van der Waals surface area contributed by atoms with Crippen molar-refractivity contribution in [1.82, 2.24) is 0 Å². The molecule has 0 fully saturated rings. The molecule has 0 radical (unpaired) electrons. The van der Waals surface area contributed by atoms with Gasteiger partial charge >= 0.3 is 0 Å². The summed E-state index contributed by atoms with van der Waals surface area (Å²) in [6.07, 6.45) is 7.87. The summed E-state index contributed by atoms with van der Waals surface area (Å²) in [5, 5.41) is 0. The number of hydrogen-bond acceptors (Lipinski definition) is 1. The lowest BCUT2D eigenvalue weighted by Crippen LogP contribution is -1.94. The van der Waals surface area contributed by atoms with E-state index in [2.05, 4.69) is 37.3 Å². The van der Waals surface area contributed by atoms with Crippen LogP contribution in [0.15, 0.2) is 42.5 Å². The van der Waals surface area contributed by atoms with Gasteiger partial charge in [0.1, 0.15) is 0 Å². The molecule has 0 saturated heterocycles. The molecule has 1 heteroatoms. The van der Waals surface area contributed by atoms with E-state index in [1.54, 1.807) is 0 Å². The maximum Gasteiger partial charge on any atom is 0.0314 e. The van der Waals surface area contributed by atoms with E-state index >= 15 is 0 Å². The molecule has 0 aromatic heterocycles. The number of anilines is 1. The van der Waals surface area contributed by atoms with Crippen LogP contribution in [0.4, 0.5) is 5.69 Å². The number of rotatable bonds is 1. The summed E-state index contributed by atoms with van der Waals surface area (Å²) < 4.78 is 0. The number of nitrogens with two attached hydrogens (primary N) is 1. The van der Waals surface area contributed by atoms with Crippen LogP contribution in [0, 0.1) is 5.92 Å². The van der Waals surface area contributed by atoms with E-state index in [0.717, 1.165) is 12.1 Å². The van der Waals surface area contributed by atoms with Crippen molar-refractivity contribution in [2.45, 2.75) is 13.3 Å². The fourth-order valence-corrected chi connectivity index (χ4v) is 1.62. The van der Waals surface area contributed by atoms with Crippen molar-refractivity contribution in [2.75, 3.05) is 5.73 Å². The van der Waals surface area contributed by atoms with E-state index in [-0.39, 0.29) is 0 Å². The first-order valence-corrected chi connectivity index (χ1v) is 5.00. The Hall–Kier alpha value is -1.50. The molecule has 1 unspecified atom stereocenters. The molecular weight excluding hydrogens is 170 g/mol. The van der Waals surface area contributed by atoms with Gasteiger partial charge in [-0.1, -0.05) is 37.3 Å². The fourth-order valence-electron chi connectivity index (χ4n) is 1.62. The minimum atomic E-state index is 0.674. The first-order valence-electron chi connectivity index (χ1n) is 5.00. The molecule has 0 saturated carbocycles. The standard InChI is InChI=1S/C13H15N/c1-10-2-4-11(5-3-10)12-6-8-13(14)9-7-12/h2,4-10H,3,14H2,1H3. The minimum Gasteiger partial charge on any atom is -0.399 e. The summed E-state index contributed by atoms with van der Waals surface area (Å²) in [7, 11) is 0. The van der Waals surface area contributed by atoms with Gasteiger partial charge in [-0.3, -0.25) is 0 Å². The molecule has 2 N–H and O–H groups in total. The highest BCUT2D eigenvalue weighted by Crippen LogP contribution is 2.24. The lowest BCUT2D eigenvalue weighted by atomic mass is 9.94. The maximum absolute atomic E-state index is 5.64. The van der Waals surface area contributed by atoms with Gasteiger partial charge in [-0.05, 0) is 35.6 Å². The lowest BCUT2D eigenvalue weighted by molar-refractivity contribution is 0.739. The van der Waals surface area contributed by atoms with Gasteiger partial charge in [-0.25, -0.2) is 0 Å². The summed E-state index contributed by atoms with van der Waals surface area (Å²) in [5.74, 6) is 0.674. The van der Waals surface area contributed by atoms with Crippen molar-refractivity contribution in [3.63, 3.8) is 0 Å². The van der Waals surface area contributed by atoms with Crippen LogP contribution in [0.25, 0.3) is 5.57 Å². The van der Waals surface area contributed by atoms with Gasteiger partial charge in [-0.2, -0.15) is 0 Å². The van der Waals surface area contributed by atoms with Gasteiger partial charge in [0, 0.05) is 5.69 Å². The Morgan fingerprint density at radius 2 is 1.93 bits per heavy atom. The normalized spacial score (nSPS) is 20.6. The molecule has 1 nitrogen and oxygen atoms in total. The first-order chi connectivity index (χ1) is 6.75. The van der Waals surface area contributed by atoms with Crippen LogP contribution in [-0.4, -0.2) is 0 Å². The lowest BCUT2D eigenvalue weighted by Gasteiger charge is -2.11. The Bertz CT molecular complexity index is 371. The molecule has 14 heavy (non-hydrogen) atoms. The van der Waals surface area contributed by atoms with Gasteiger partial charge in [0.2, 0.25) is 0 Å². The van der Waals surface area contributed by atoms with Crippen molar-refractivity contribution in [2.24, 2.45) is 5.92 Å². The summed E-state index contributed by atoms with van der Waals surface area (Å²) in [5.41, 5.74) is 9.02. The van der Waals surface area contributed by atoms with Crippen LogP contribution in [-0.2, 0) is 0 Å². The van der Waals surface area contributed by atoms with Crippen LogP contribution >= 0.6 is 0 Å². The van der Waals surface area contributed by atoms with Crippen LogP contribution in [0.3, 0.4) is 0 Å². The highest BCUT2D eigenvalue weighted by molar-refractivity contribution is 5.75. The Morgan fingerprint density at radius 3 is 2.50 bits per heavy atom. The Morgan fingerprint density at radius 1 is 1.21 bits per heavy atom. The molecule has 1 atom stereocenters. The molecule has 0 heterocycles. The third kappa shape index (κ3) is 1.87. The van der Waals surface area contributed by atoms with Gasteiger partial charge in [-0.15, -0.1) is 0 Å². The van der Waals surface area contributed by atoms with Crippen molar-refractivity contribution in [3.05, 3.63) is 48.1 Å². The maximum atomic E-state index is 5.64. The number of nitrogen functional groups attached to an aromatic ring is 1. The fraction of sp³-hybridized carbons (Fsp3) is 0.231. The zero-order chi connectivity index (χ0) is 9.97. The Kier molecular flexibility index (Phi) is 2.40. The SMILES string of the molecule is CC1C=CC(c2ccc(N)cc2)=CC1. The molecule has 1 aromatic rings. The molecule has 1 aromatic carbocycles. The quantitative estimate of drug-likeness (QED) is 0.668. The van der Waals surface area contributed by atoms with E-state index in [1.807, 2.05) is 12.1 Å². The van der Waals surface area contributed by atoms with E-state index in [4.69, 9.17) is 5.73 Å². The minimum absolute atomic E-state index is 0.674. The van der Waals surface area contributed by atoms with E-state index in [1.165, 1.54) is 11.1 Å². The molecular formula is C13H15N.